The van der Waals surface area contributed by atoms with E-state index in [0.717, 1.165) is 48.7 Å². The first-order chi connectivity index (χ1) is 13.7. The first-order valence-corrected chi connectivity index (χ1v) is 9.93. The van der Waals surface area contributed by atoms with Crippen LogP contribution in [0.2, 0.25) is 0 Å². The molecule has 3 aromatic rings. The van der Waals surface area contributed by atoms with Crippen LogP contribution < -0.4 is 14.7 Å². The van der Waals surface area contributed by atoms with E-state index in [0.29, 0.717) is 5.92 Å². The minimum atomic E-state index is 0.661. The van der Waals surface area contributed by atoms with E-state index in [1.165, 1.54) is 24.2 Å². The number of aromatic nitrogens is 4. The van der Waals surface area contributed by atoms with Gasteiger partial charge in [-0.1, -0.05) is 0 Å². The first-order valence-electron chi connectivity index (χ1n) is 9.93. The van der Waals surface area contributed by atoms with E-state index in [9.17, 15) is 0 Å². The standard InChI is InChI=1S/C21H25N7/c1-26(2)21-17-11-16(5-6-18(17)22-14-25-21)27-7-9-28(10-8-27)20-12-19(15-3-4-15)23-13-24-20/h5-6,11-15H,3-4,7-10H2,1-2H3. The summed E-state index contributed by atoms with van der Waals surface area (Å²) in [5, 5.41) is 1.09. The molecule has 7 heteroatoms. The fraction of sp³-hybridized carbons (Fsp3) is 0.429. The van der Waals surface area contributed by atoms with Gasteiger partial charge in [0.2, 0.25) is 0 Å². The van der Waals surface area contributed by atoms with Gasteiger partial charge in [0.1, 0.15) is 24.3 Å². The van der Waals surface area contributed by atoms with E-state index in [2.05, 4.69) is 54.0 Å². The zero-order valence-electron chi connectivity index (χ0n) is 16.4. The Kier molecular flexibility index (Phi) is 4.22. The molecule has 7 nitrogen and oxygen atoms in total. The molecule has 144 valence electrons. The molecule has 1 saturated heterocycles. The van der Waals surface area contributed by atoms with E-state index in [4.69, 9.17) is 0 Å². The number of piperazine rings is 1. The lowest BCUT2D eigenvalue weighted by molar-refractivity contribution is 0.646. The van der Waals surface area contributed by atoms with Gasteiger partial charge in [-0.3, -0.25) is 0 Å². The van der Waals surface area contributed by atoms with Crippen LogP contribution in [0.25, 0.3) is 10.9 Å². The molecule has 2 aliphatic rings. The van der Waals surface area contributed by atoms with Gasteiger partial charge < -0.3 is 14.7 Å². The number of nitrogens with zero attached hydrogens (tertiary/aromatic N) is 7. The summed E-state index contributed by atoms with van der Waals surface area (Å²) in [5.74, 6) is 2.69. The summed E-state index contributed by atoms with van der Waals surface area (Å²) in [5.41, 5.74) is 3.42. The monoisotopic (exact) mass is 375 g/mol. The lowest BCUT2D eigenvalue weighted by Crippen LogP contribution is -2.46. The number of hydrogen-bond donors (Lipinski definition) is 0. The molecule has 0 spiro atoms. The topological polar surface area (TPSA) is 61.3 Å². The molecule has 3 heterocycles. The molecule has 1 aliphatic carbocycles. The lowest BCUT2D eigenvalue weighted by Gasteiger charge is -2.37. The molecule has 0 bridgehead atoms. The number of anilines is 3. The van der Waals surface area contributed by atoms with Crippen LogP contribution in [0.3, 0.4) is 0 Å². The number of fused-ring (bicyclic) bond motifs is 1. The van der Waals surface area contributed by atoms with Gasteiger partial charge in [-0.25, -0.2) is 19.9 Å². The normalized spacial score (nSPS) is 17.2. The third-order valence-electron chi connectivity index (χ3n) is 5.66. The molecule has 2 aromatic heterocycles. The van der Waals surface area contributed by atoms with E-state index in [1.807, 2.05) is 19.0 Å². The Labute approximate surface area is 165 Å². The van der Waals surface area contributed by atoms with E-state index >= 15 is 0 Å². The predicted molar refractivity (Wildman–Crippen MR) is 112 cm³/mol. The Bertz CT molecular complexity index is 991. The van der Waals surface area contributed by atoms with Gasteiger partial charge >= 0.3 is 0 Å². The van der Waals surface area contributed by atoms with Crippen LogP contribution in [0.4, 0.5) is 17.3 Å². The quantitative estimate of drug-likeness (QED) is 0.695. The second kappa shape index (κ2) is 6.89. The Morgan fingerprint density at radius 2 is 1.61 bits per heavy atom. The molecule has 1 saturated carbocycles. The van der Waals surface area contributed by atoms with Crippen LogP contribution >= 0.6 is 0 Å². The number of hydrogen-bond acceptors (Lipinski definition) is 7. The van der Waals surface area contributed by atoms with Crippen molar-refractivity contribution >= 4 is 28.2 Å². The van der Waals surface area contributed by atoms with Crippen LogP contribution in [0.15, 0.2) is 36.9 Å². The Hall–Kier alpha value is -2.96. The fourth-order valence-corrected chi connectivity index (χ4v) is 3.91. The van der Waals surface area contributed by atoms with Gasteiger partial charge in [0.25, 0.3) is 0 Å². The summed E-state index contributed by atoms with van der Waals surface area (Å²) < 4.78 is 0. The summed E-state index contributed by atoms with van der Waals surface area (Å²) in [6, 6.07) is 8.67. The van der Waals surface area contributed by atoms with Crippen molar-refractivity contribution in [2.45, 2.75) is 18.8 Å². The van der Waals surface area contributed by atoms with Crippen molar-refractivity contribution in [2.24, 2.45) is 0 Å². The van der Waals surface area contributed by atoms with Gasteiger partial charge in [0.05, 0.1) is 5.52 Å². The van der Waals surface area contributed by atoms with Gasteiger partial charge in [0.15, 0.2) is 0 Å². The summed E-state index contributed by atoms with van der Waals surface area (Å²) in [7, 11) is 4.04. The summed E-state index contributed by atoms with van der Waals surface area (Å²) in [4.78, 5) is 24.7. The van der Waals surface area contributed by atoms with Crippen molar-refractivity contribution in [3.63, 3.8) is 0 Å². The molecule has 0 unspecified atom stereocenters. The highest BCUT2D eigenvalue weighted by Crippen LogP contribution is 2.39. The first kappa shape index (κ1) is 17.2. The van der Waals surface area contributed by atoms with Gasteiger partial charge in [0, 0.05) is 69.0 Å². The highest BCUT2D eigenvalue weighted by atomic mass is 15.3. The maximum atomic E-state index is 4.52. The predicted octanol–water partition coefficient (Wildman–Crippen LogP) is 2.69. The van der Waals surface area contributed by atoms with Gasteiger partial charge in [-0.05, 0) is 31.0 Å². The zero-order valence-corrected chi connectivity index (χ0v) is 16.4. The lowest BCUT2D eigenvalue weighted by atomic mass is 10.1. The summed E-state index contributed by atoms with van der Waals surface area (Å²) >= 11 is 0. The molecule has 28 heavy (non-hydrogen) atoms. The van der Waals surface area contributed by atoms with E-state index < -0.39 is 0 Å². The molecular formula is C21H25N7. The molecule has 0 amide bonds. The van der Waals surface area contributed by atoms with Crippen LogP contribution in [0.1, 0.15) is 24.5 Å². The van der Waals surface area contributed by atoms with Gasteiger partial charge in [-0.15, -0.1) is 0 Å². The highest BCUT2D eigenvalue weighted by molar-refractivity contribution is 5.91. The van der Waals surface area contributed by atoms with E-state index in [-0.39, 0.29) is 0 Å². The maximum absolute atomic E-state index is 4.52. The van der Waals surface area contributed by atoms with Crippen molar-refractivity contribution < 1.29 is 0 Å². The second-order valence-corrected chi connectivity index (χ2v) is 7.84. The molecule has 5 rings (SSSR count). The largest absolute Gasteiger partial charge is 0.368 e. The Balaban J connectivity index is 1.34. The van der Waals surface area contributed by atoms with Crippen molar-refractivity contribution in [1.82, 2.24) is 19.9 Å². The second-order valence-electron chi connectivity index (χ2n) is 7.84. The average Bonchev–Trinajstić information content (AvgIpc) is 3.58. The molecule has 1 aliphatic heterocycles. The molecule has 2 fully saturated rings. The SMILES string of the molecule is CN(C)c1ncnc2ccc(N3CCN(c4cc(C5CC5)ncn4)CC3)cc12. The molecule has 1 aromatic carbocycles. The third-order valence-corrected chi connectivity index (χ3v) is 5.66. The van der Waals surface area contributed by atoms with Gasteiger partial charge in [-0.2, -0.15) is 0 Å². The number of rotatable bonds is 4. The zero-order chi connectivity index (χ0) is 19.1. The Morgan fingerprint density at radius 1 is 0.857 bits per heavy atom. The Morgan fingerprint density at radius 3 is 2.36 bits per heavy atom. The molecule has 0 atom stereocenters. The minimum absolute atomic E-state index is 0.661. The molecule has 0 N–H and O–H groups in total. The van der Waals surface area contributed by atoms with Crippen molar-refractivity contribution in [3.05, 3.63) is 42.6 Å². The van der Waals surface area contributed by atoms with E-state index in [1.54, 1.807) is 12.7 Å². The van der Waals surface area contributed by atoms with Crippen molar-refractivity contribution in [2.75, 3.05) is 55.0 Å². The maximum Gasteiger partial charge on any atom is 0.139 e. The summed E-state index contributed by atoms with van der Waals surface area (Å²) in [6.07, 6.45) is 5.89. The van der Waals surface area contributed by atoms with Crippen LogP contribution in [0.5, 0.6) is 0 Å². The van der Waals surface area contributed by atoms with Crippen molar-refractivity contribution in [1.29, 1.82) is 0 Å². The minimum Gasteiger partial charge on any atom is -0.368 e. The van der Waals surface area contributed by atoms with Crippen molar-refractivity contribution in [3.8, 4) is 0 Å². The highest BCUT2D eigenvalue weighted by Gasteiger charge is 2.26. The summed E-state index contributed by atoms with van der Waals surface area (Å²) in [6.45, 7) is 3.87. The fourth-order valence-electron chi connectivity index (χ4n) is 3.91. The average molecular weight is 375 g/mol. The number of benzene rings is 1. The van der Waals surface area contributed by atoms with Crippen LogP contribution in [0, 0.1) is 0 Å². The smallest absolute Gasteiger partial charge is 0.139 e. The van der Waals surface area contributed by atoms with Crippen LogP contribution in [-0.4, -0.2) is 60.2 Å². The molecule has 0 radical (unpaired) electrons. The third kappa shape index (κ3) is 3.21. The van der Waals surface area contributed by atoms with Crippen LogP contribution in [-0.2, 0) is 0 Å². The molecular weight excluding hydrogens is 350 g/mol.